The summed E-state index contributed by atoms with van der Waals surface area (Å²) in [6.45, 7) is 2.18. The molecule has 17 rings (SSSR count). The molecule has 13 aromatic carbocycles. The van der Waals surface area contributed by atoms with Gasteiger partial charge in [-0.15, -0.1) is 0 Å². The Morgan fingerprint density at radius 1 is 0.222 bits per heavy atom. The lowest BCUT2D eigenvalue weighted by Crippen LogP contribution is -1.95. The average molecular weight is 1290 g/mol. The largest absolute Gasteiger partial charge is 0.456 e. The van der Waals surface area contributed by atoms with E-state index in [0.717, 1.165) is 184 Å². The minimum atomic E-state index is 0.702. The highest BCUT2D eigenvalue weighted by Gasteiger charge is 2.23. The van der Waals surface area contributed by atoms with Gasteiger partial charge < -0.3 is 4.42 Å². The Morgan fingerprint density at radius 2 is 0.576 bits per heavy atom. The van der Waals surface area contributed by atoms with Crippen molar-refractivity contribution in [2.24, 2.45) is 0 Å². The minimum absolute atomic E-state index is 0.702. The van der Waals surface area contributed by atoms with Crippen LogP contribution < -0.4 is 0 Å². The molecule has 5 heteroatoms. The van der Waals surface area contributed by atoms with E-state index in [4.69, 9.17) is 31.0 Å². The molecule has 0 aliphatic carbocycles. The fraction of sp³-hybridized carbons (Fsp3) is 0.0106. The molecule has 4 heterocycles. The SMILES string of the molecule is Cc1cc(-c2ccc(-c3ccccc3-c3cc(-c4ccccc4-c4ccc(-c5ccccn5)cc4-c4ccccc4)cc(-c4ccccc4-c4ccc(-c5ccccn5)cc4-c4ccccc4)c3)c(-c3ccc4oc5ccc(-c6ccc(Cl)cc6)cc5c4c3)c2)ncc1-c1ccccc1. The fourth-order valence-electron chi connectivity index (χ4n) is 14.2. The monoisotopic (exact) mass is 1280 g/mol. The molecule has 0 fully saturated rings. The van der Waals surface area contributed by atoms with Gasteiger partial charge in [-0.2, -0.15) is 0 Å². The quantitative estimate of drug-likeness (QED) is 0.109. The lowest BCUT2D eigenvalue weighted by atomic mass is 9.83. The Kier molecular flexibility index (Phi) is 15.9. The molecule has 0 saturated heterocycles. The van der Waals surface area contributed by atoms with Crippen LogP contribution in [0.3, 0.4) is 0 Å². The van der Waals surface area contributed by atoms with Crippen LogP contribution in [0.4, 0.5) is 0 Å². The van der Waals surface area contributed by atoms with Crippen molar-refractivity contribution in [1.82, 2.24) is 15.0 Å². The molecule has 466 valence electrons. The lowest BCUT2D eigenvalue weighted by molar-refractivity contribution is 0.669. The smallest absolute Gasteiger partial charge is 0.135 e. The van der Waals surface area contributed by atoms with Gasteiger partial charge in [-0.1, -0.05) is 248 Å². The van der Waals surface area contributed by atoms with Crippen LogP contribution in [0.15, 0.2) is 363 Å². The first-order chi connectivity index (χ1) is 48.9. The maximum Gasteiger partial charge on any atom is 0.135 e. The molecule has 0 aliphatic rings. The van der Waals surface area contributed by atoms with E-state index in [1.165, 1.54) is 0 Å². The first-order valence-corrected chi connectivity index (χ1v) is 33.8. The summed E-state index contributed by atoms with van der Waals surface area (Å²) in [6, 6.07) is 122. The molecular formula is C94H62ClN3O. The Bertz CT molecular complexity index is 5660. The summed E-state index contributed by atoms with van der Waals surface area (Å²) >= 11 is 6.40. The third kappa shape index (κ3) is 11.8. The van der Waals surface area contributed by atoms with E-state index in [1.54, 1.807) is 0 Å². The number of nitrogens with zero attached hydrogens (tertiary/aromatic N) is 3. The van der Waals surface area contributed by atoms with Crippen LogP contribution in [0.25, 0.3) is 178 Å². The number of pyridine rings is 3. The topological polar surface area (TPSA) is 51.8 Å². The van der Waals surface area contributed by atoms with Crippen molar-refractivity contribution in [3.63, 3.8) is 0 Å². The predicted molar refractivity (Wildman–Crippen MR) is 413 cm³/mol. The zero-order valence-electron chi connectivity index (χ0n) is 54.2. The summed E-state index contributed by atoms with van der Waals surface area (Å²) in [5.41, 5.74) is 32.9. The number of aromatic nitrogens is 3. The average Bonchev–Trinajstić information content (AvgIpc) is 1.72. The maximum absolute atomic E-state index is 6.64. The number of rotatable bonds is 14. The van der Waals surface area contributed by atoms with Crippen molar-refractivity contribution in [1.29, 1.82) is 0 Å². The van der Waals surface area contributed by atoms with Gasteiger partial charge in [0, 0.05) is 56.6 Å². The number of benzene rings is 13. The number of halogens is 1. The molecule has 0 radical (unpaired) electrons. The summed E-state index contributed by atoms with van der Waals surface area (Å²) in [5.74, 6) is 0. The van der Waals surface area contributed by atoms with Crippen LogP contribution in [-0.4, -0.2) is 15.0 Å². The number of aryl methyl sites for hydroxylation is 1. The number of hydrogen-bond acceptors (Lipinski definition) is 4. The molecule has 4 nitrogen and oxygen atoms in total. The standard InChI is InChI=1S/C94H62ClN3O/c1-61-51-92(98-60-89(61)65-25-9-4-10-26-65)70-39-46-83(86(59-70)67-41-48-94-88(56-67)87-55-66(40-47-93(87)99-94)62-35-42-74(95)43-36-62)80-32-16-13-29-77(80)73-53-71(75-27-11-14-30-78(75)81-44-37-68(90-33-17-19-49-96-90)57-84(81)63-21-5-2-6-22-63)52-72(54-73)76-28-12-15-31-79(76)82-45-38-69(91-34-18-20-50-97-91)58-85(82)64-23-7-3-8-24-64/h2-60H,1H3. The van der Waals surface area contributed by atoms with Crippen LogP contribution in [0.5, 0.6) is 0 Å². The Labute approximate surface area is 581 Å². The van der Waals surface area contributed by atoms with Gasteiger partial charge in [0.2, 0.25) is 0 Å². The molecule has 0 amide bonds. The van der Waals surface area contributed by atoms with E-state index in [9.17, 15) is 0 Å². The molecule has 0 spiro atoms. The van der Waals surface area contributed by atoms with Crippen molar-refractivity contribution < 1.29 is 4.42 Å². The zero-order chi connectivity index (χ0) is 66.2. The van der Waals surface area contributed by atoms with Gasteiger partial charge >= 0.3 is 0 Å². The second-order valence-electron chi connectivity index (χ2n) is 25.2. The first kappa shape index (κ1) is 60.1. The molecular weight excluding hydrogens is 1220 g/mol. The van der Waals surface area contributed by atoms with Gasteiger partial charge in [-0.3, -0.25) is 15.0 Å². The highest BCUT2D eigenvalue weighted by Crippen LogP contribution is 2.48. The van der Waals surface area contributed by atoms with E-state index in [0.29, 0.717) is 5.02 Å². The molecule has 17 aromatic rings. The van der Waals surface area contributed by atoms with Gasteiger partial charge in [0.05, 0.1) is 17.1 Å². The fourth-order valence-corrected chi connectivity index (χ4v) is 14.4. The molecule has 99 heavy (non-hydrogen) atoms. The third-order valence-electron chi connectivity index (χ3n) is 19.1. The number of hydrogen-bond donors (Lipinski definition) is 0. The highest BCUT2D eigenvalue weighted by molar-refractivity contribution is 6.30. The summed E-state index contributed by atoms with van der Waals surface area (Å²) in [4.78, 5) is 14.8. The summed E-state index contributed by atoms with van der Waals surface area (Å²) in [6.07, 6.45) is 5.75. The number of fused-ring (bicyclic) bond motifs is 3. The third-order valence-corrected chi connectivity index (χ3v) is 19.4. The van der Waals surface area contributed by atoms with Gasteiger partial charge in [0.25, 0.3) is 0 Å². The molecule has 0 atom stereocenters. The lowest BCUT2D eigenvalue weighted by Gasteiger charge is -2.21. The van der Waals surface area contributed by atoms with Crippen molar-refractivity contribution in [3.05, 3.63) is 369 Å². The van der Waals surface area contributed by atoms with Gasteiger partial charge in [-0.05, 0) is 232 Å². The Hall–Kier alpha value is -12.6. The second kappa shape index (κ2) is 26.2. The van der Waals surface area contributed by atoms with Crippen molar-refractivity contribution in [2.75, 3.05) is 0 Å². The van der Waals surface area contributed by atoms with E-state index in [-0.39, 0.29) is 0 Å². The van der Waals surface area contributed by atoms with Crippen LogP contribution in [0.1, 0.15) is 5.56 Å². The molecule has 0 saturated carbocycles. The van der Waals surface area contributed by atoms with Crippen LogP contribution in [-0.2, 0) is 0 Å². The highest BCUT2D eigenvalue weighted by atomic mass is 35.5. The normalized spacial score (nSPS) is 11.3. The van der Waals surface area contributed by atoms with Crippen molar-refractivity contribution >= 4 is 33.5 Å². The summed E-state index contributed by atoms with van der Waals surface area (Å²) in [5, 5.41) is 2.77. The van der Waals surface area contributed by atoms with Crippen LogP contribution >= 0.6 is 11.6 Å². The van der Waals surface area contributed by atoms with E-state index < -0.39 is 0 Å². The molecule has 0 bridgehead atoms. The van der Waals surface area contributed by atoms with Crippen molar-refractivity contribution in [3.8, 4) is 156 Å². The van der Waals surface area contributed by atoms with E-state index in [2.05, 4.69) is 322 Å². The summed E-state index contributed by atoms with van der Waals surface area (Å²) < 4.78 is 6.64. The Balaban J connectivity index is 0.886. The maximum atomic E-state index is 6.64. The molecule has 0 aliphatic heterocycles. The first-order valence-electron chi connectivity index (χ1n) is 33.4. The Morgan fingerprint density at radius 3 is 1.01 bits per heavy atom. The summed E-state index contributed by atoms with van der Waals surface area (Å²) in [7, 11) is 0. The zero-order valence-corrected chi connectivity index (χ0v) is 54.9. The van der Waals surface area contributed by atoms with Crippen LogP contribution in [0, 0.1) is 6.92 Å². The van der Waals surface area contributed by atoms with E-state index >= 15 is 0 Å². The minimum Gasteiger partial charge on any atom is -0.456 e. The van der Waals surface area contributed by atoms with E-state index in [1.807, 2.05) is 42.9 Å². The van der Waals surface area contributed by atoms with Crippen molar-refractivity contribution in [2.45, 2.75) is 6.92 Å². The predicted octanol–water partition coefficient (Wildman–Crippen LogP) is 26.1. The van der Waals surface area contributed by atoms with Gasteiger partial charge in [0.15, 0.2) is 0 Å². The molecule has 0 N–H and O–H groups in total. The molecule has 4 aromatic heterocycles. The van der Waals surface area contributed by atoms with Crippen LogP contribution in [0.2, 0.25) is 5.02 Å². The molecule has 0 unspecified atom stereocenters. The van der Waals surface area contributed by atoms with Gasteiger partial charge in [0.1, 0.15) is 11.2 Å². The number of furan rings is 1. The van der Waals surface area contributed by atoms with Gasteiger partial charge in [-0.25, -0.2) is 0 Å². The second-order valence-corrected chi connectivity index (χ2v) is 25.6.